The van der Waals surface area contributed by atoms with Crippen LogP contribution >= 0.6 is 0 Å². The lowest BCUT2D eigenvalue weighted by molar-refractivity contribution is 0.181. The molecule has 0 aliphatic rings. The zero-order valence-electron chi connectivity index (χ0n) is 9.11. The molecule has 4 heteroatoms. The van der Waals surface area contributed by atoms with Crippen molar-refractivity contribution in [2.45, 2.75) is 13.5 Å². The summed E-state index contributed by atoms with van der Waals surface area (Å²) >= 11 is 0. The van der Waals surface area contributed by atoms with Crippen molar-refractivity contribution in [3.05, 3.63) is 39.7 Å². The van der Waals surface area contributed by atoms with Gasteiger partial charge in [-0.15, -0.1) is 0 Å². The summed E-state index contributed by atoms with van der Waals surface area (Å²) < 4.78 is 10.0. The van der Waals surface area contributed by atoms with Gasteiger partial charge in [0.25, 0.3) is 0 Å². The van der Waals surface area contributed by atoms with Gasteiger partial charge in [-0.2, -0.15) is 0 Å². The van der Waals surface area contributed by atoms with Gasteiger partial charge in [0.1, 0.15) is 11.3 Å². The first-order valence-corrected chi connectivity index (χ1v) is 4.88. The fourth-order valence-corrected chi connectivity index (χ4v) is 1.76. The third-order valence-electron chi connectivity index (χ3n) is 2.57. The molecule has 4 nitrogen and oxygen atoms in total. The van der Waals surface area contributed by atoms with Crippen molar-refractivity contribution in [1.29, 1.82) is 0 Å². The standard InChI is InChI=1S/C12H12O4/c1-7-8(6-15-2)12(14)16-10-5-3-4-9(13)11(7)10/h3-5,13H,6H2,1-2H3. The van der Waals surface area contributed by atoms with Crippen molar-refractivity contribution in [3.8, 4) is 5.75 Å². The van der Waals surface area contributed by atoms with Crippen LogP contribution in [0.1, 0.15) is 11.1 Å². The molecular weight excluding hydrogens is 208 g/mol. The van der Waals surface area contributed by atoms with Crippen LogP contribution in [0.2, 0.25) is 0 Å². The number of hydrogen-bond acceptors (Lipinski definition) is 4. The van der Waals surface area contributed by atoms with E-state index in [2.05, 4.69) is 0 Å². The highest BCUT2D eigenvalue weighted by Gasteiger charge is 2.13. The van der Waals surface area contributed by atoms with Gasteiger partial charge < -0.3 is 14.3 Å². The summed E-state index contributed by atoms with van der Waals surface area (Å²) in [5, 5.41) is 10.3. The topological polar surface area (TPSA) is 59.7 Å². The largest absolute Gasteiger partial charge is 0.507 e. The van der Waals surface area contributed by atoms with E-state index < -0.39 is 5.63 Å². The zero-order chi connectivity index (χ0) is 11.7. The number of phenols is 1. The predicted octanol–water partition coefficient (Wildman–Crippen LogP) is 1.95. The van der Waals surface area contributed by atoms with Gasteiger partial charge in [0.15, 0.2) is 0 Å². The molecule has 0 atom stereocenters. The minimum absolute atomic E-state index is 0.108. The number of fused-ring (bicyclic) bond motifs is 1. The Balaban J connectivity index is 2.85. The van der Waals surface area contributed by atoms with Crippen LogP contribution < -0.4 is 5.63 Å². The Morgan fingerprint density at radius 2 is 2.19 bits per heavy atom. The Morgan fingerprint density at radius 1 is 1.44 bits per heavy atom. The first kappa shape index (κ1) is 10.7. The summed E-state index contributed by atoms with van der Waals surface area (Å²) in [7, 11) is 1.51. The minimum Gasteiger partial charge on any atom is -0.507 e. The molecule has 0 spiro atoms. The van der Waals surface area contributed by atoms with Crippen LogP contribution in [0.15, 0.2) is 27.4 Å². The first-order chi connectivity index (χ1) is 7.65. The number of aromatic hydroxyl groups is 1. The molecule has 0 saturated carbocycles. The number of phenolic OH excluding ortho intramolecular Hbond substituents is 1. The van der Waals surface area contributed by atoms with E-state index in [1.165, 1.54) is 7.11 Å². The molecule has 0 aliphatic heterocycles. The predicted molar refractivity (Wildman–Crippen MR) is 59.6 cm³/mol. The normalized spacial score (nSPS) is 10.9. The van der Waals surface area contributed by atoms with E-state index in [1.807, 2.05) is 0 Å². The van der Waals surface area contributed by atoms with Crippen molar-refractivity contribution in [2.24, 2.45) is 0 Å². The molecule has 0 saturated heterocycles. The number of rotatable bonds is 2. The fraction of sp³-hybridized carbons (Fsp3) is 0.250. The van der Waals surface area contributed by atoms with Crippen LogP contribution in [0.4, 0.5) is 0 Å². The van der Waals surface area contributed by atoms with E-state index >= 15 is 0 Å². The molecule has 0 aliphatic carbocycles. The Bertz CT molecular complexity index is 583. The Kier molecular flexibility index (Phi) is 2.66. The van der Waals surface area contributed by atoms with Gasteiger partial charge >= 0.3 is 5.63 Å². The maximum atomic E-state index is 11.6. The lowest BCUT2D eigenvalue weighted by atomic mass is 10.1. The molecule has 16 heavy (non-hydrogen) atoms. The Labute approximate surface area is 92.1 Å². The molecule has 0 radical (unpaired) electrons. The molecule has 1 heterocycles. The average Bonchev–Trinajstić information content (AvgIpc) is 2.24. The van der Waals surface area contributed by atoms with Gasteiger partial charge in [0.2, 0.25) is 0 Å². The van der Waals surface area contributed by atoms with Gasteiger partial charge in [-0.25, -0.2) is 4.79 Å². The van der Waals surface area contributed by atoms with Crippen LogP contribution in [0.5, 0.6) is 5.75 Å². The second kappa shape index (κ2) is 3.98. The first-order valence-electron chi connectivity index (χ1n) is 4.88. The minimum atomic E-state index is -0.419. The Hall–Kier alpha value is -1.81. The molecule has 1 N–H and O–H groups in total. The number of aryl methyl sites for hydroxylation is 1. The molecule has 2 aromatic rings. The van der Waals surface area contributed by atoms with Gasteiger partial charge in [-0.05, 0) is 24.6 Å². The lowest BCUT2D eigenvalue weighted by Crippen LogP contribution is -2.11. The van der Waals surface area contributed by atoms with E-state index in [0.717, 1.165) is 0 Å². The van der Waals surface area contributed by atoms with Crippen LogP contribution in [0, 0.1) is 6.92 Å². The van der Waals surface area contributed by atoms with Crippen LogP contribution in [0.3, 0.4) is 0 Å². The molecular formula is C12H12O4. The second-order valence-corrected chi connectivity index (χ2v) is 3.58. The maximum Gasteiger partial charge on any atom is 0.342 e. The van der Waals surface area contributed by atoms with Crippen molar-refractivity contribution >= 4 is 11.0 Å². The smallest absolute Gasteiger partial charge is 0.342 e. The monoisotopic (exact) mass is 220 g/mol. The van der Waals surface area contributed by atoms with E-state index in [0.29, 0.717) is 22.1 Å². The number of benzene rings is 1. The molecule has 0 bridgehead atoms. The van der Waals surface area contributed by atoms with E-state index in [1.54, 1.807) is 25.1 Å². The van der Waals surface area contributed by atoms with Crippen LogP contribution in [-0.2, 0) is 11.3 Å². The molecule has 0 unspecified atom stereocenters. The quantitative estimate of drug-likeness (QED) is 0.786. The summed E-state index contributed by atoms with van der Waals surface area (Å²) in [6.45, 7) is 1.95. The summed E-state index contributed by atoms with van der Waals surface area (Å²) in [4.78, 5) is 11.6. The van der Waals surface area contributed by atoms with Gasteiger partial charge in [-0.3, -0.25) is 0 Å². The van der Waals surface area contributed by atoms with Gasteiger partial charge in [0, 0.05) is 7.11 Å². The number of methoxy groups -OCH3 is 1. The zero-order valence-corrected chi connectivity index (χ0v) is 9.11. The van der Waals surface area contributed by atoms with Crippen molar-refractivity contribution < 1.29 is 14.3 Å². The summed E-state index contributed by atoms with van der Waals surface area (Å²) in [6, 6.07) is 4.85. The molecule has 0 fully saturated rings. The highest BCUT2D eigenvalue weighted by atomic mass is 16.5. The summed E-state index contributed by atoms with van der Waals surface area (Å²) in [5.74, 6) is 0.108. The average molecular weight is 220 g/mol. The van der Waals surface area contributed by atoms with Crippen molar-refractivity contribution in [3.63, 3.8) is 0 Å². The third-order valence-corrected chi connectivity index (χ3v) is 2.57. The third kappa shape index (κ3) is 1.57. The van der Waals surface area contributed by atoms with Gasteiger partial charge in [0.05, 0.1) is 17.6 Å². The van der Waals surface area contributed by atoms with Crippen molar-refractivity contribution in [2.75, 3.05) is 7.11 Å². The number of hydrogen-bond donors (Lipinski definition) is 1. The molecule has 84 valence electrons. The lowest BCUT2D eigenvalue weighted by Gasteiger charge is -2.07. The van der Waals surface area contributed by atoms with E-state index in [9.17, 15) is 9.90 Å². The highest BCUT2D eigenvalue weighted by molar-refractivity contribution is 5.87. The number of ether oxygens (including phenoxy) is 1. The fourth-order valence-electron chi connectivity index (χ4n) is 1.76. The Morgan fingerprint density at radius 3 is 2.88 bits per heavy atom. The highest BCUT2D eigenvalue weighted by Crippen LogP contribution is 2.28. The SMILES string of the molecule is COCc1c(C)c2c(O)cccc2oc1=O. The van der Waals surface area contributed by atoms with Crippen LogP contribution in [0.25, 0.3) is 11.0 Å². The molecule has 0 amide bonds. The molecule has 2 rings (SSSR count). The van der Waals surface area contributed by atoms with E-state index in [4.69, 9.17) is 9.15 Å². The molecule has 1 aromatic heterocycles. The van der Waals surface area contributed by atoms with Gasteiger partial charge in [-0.1, -0.05) is 6.07 Å². The van der Waals surface area contributed by atoms with E-state index in [-0.39, 0.29) is 12.4 Å². The maximum absolute atomic E-state index is 11.6. The second-order valence-electron chi connectivity index (χ2n) is 3.58. The summed E-state index contributed by atoms with van der Waals surface area (Å²) in [5.41, 5.74) is 1.11. The van der Waals surface area contributed by atoms with Crippen molar-refractivity contribution in [1.82, 2.24) is 0 Å². The van der Waals surface area contributed by atoms with Crippen LogP contribution in [-0.4, -0.2) is 12.2 Å². The summed E-state index contributed by atoms with van der Waals surface area (Å²) in [6.07, 6.45) is 0. The molecule has 1 aromatic carbocycles.